The molecule has 1 aromatic heterocycles. The van der Waals surface area contributed by atoms with E-state index in [-0.39, 0.29) is 0 Å². The third kappa shape index (κ3) is 2.90. The lowest BCUT2D eigenvalue weighted by molar-refractivity contribution is 0.200. The molecule has 2 N–H and O–H groups in total. The summed E-state index contributed by atoms with van der Waals surface area (Å²) < 4.78 is 5.03. The highest BCUT2D eigenvalue weighted by molar-refractivity contribution is 7.99. The van der Waals surface area contributed by atoms with Crippen LogP contribution in [0.2, 0.25) is 0 Å². The fourth-order valence-electron chi connectivity index (χ4n) is 1.67. The van der Waals surface area contributed by atoms with Crippen LogP contribution in [0.5, 0.6) is 0 Å². The van der Waals surface area contributed by atoms with Gasteiger partial charge in [0.25, 0.3) is 0 Å². The second kappa shape index (κ2) is 5.89. The number of aromatic nitrogens is 1. The summed E-state index contributed by atoms with van der Waals surface area (Å²) in [7, 11) is 1.72. The third-order valence-electron chi connectivity index (χ3n) is 2.54. The van der Waals surface area contributed by atoms with Gasteiger partial charge >= 0.3 is 0 Å². The van der Waals surface area contributed by atoms with Gasteiger partial charge in [0.2, 0.25) is 0 Å². The molecule has 0 fully saturated rings. The Bertz CT molecular complexity index is 502. The number of nitrogen functional groups attached to an aromatic ring is 1. The van der Waals surface area contributed by atoms with Crippen LogP contribution in [0.15, 0.2) is 35.4 Å². The number of thioether (sulfide) groups is 1. The van der Waals surface area contributed by atoms with E-state index in [0.29, 0.717) is 0 Å². The first-order valence-electron chi connectivity index (χ1n) is 5.58. The van der Waals surface area contributed by atoms with Gasteiger partial charge in [0, 0.05) is 35.9 Å². The summed E-state index contributed by atoms with van der Waals surface area (Å²) in [4.78, 5) is 5.41. The van der Waals surface area contributed by atoms with Crippen LogP contribution in [-0.2, 0) is 4.74 Å². The SMILES string of the molecule is COCCCSc1ccc2ncccc2c1N. The van der Waals surface area contributed by atoms with E-state index in [1.54, 1.807) is 25.1 Å². The molecule has 0 unspecified atom stereocenters. The number of hydrogen-bond acceptors (Lipinski definition) is 4. The van der Waals surface area contributed by atoms with Crippen molar-refractivity contribution in [3.63, 3.8) is 0 Å². The monoisotopic (exact) mass is 248 g/mol. The minimum absolute atomic E-state index is 0.794. The number of hydrogen-bond donors (Lipinski definition) is 1. The number of rotatable bonds is 5. The zero-order valence-electron chi connectivity index (χ0n) is 9.85. The maximum atomic E-state index is 6.14. The van der Waals surface area contributed by atoms with Crippen LogP contribution in [0.3, 0.4) is 0 Å². The summed E-state index contributed by atoms with van der Waals surface area (Å²) in [5.74, 6) is 1.02. The fourth-order valence-corrected chi connectivity index (χ4v) is 2.58. The van der Waals surface area contributed by atoms with Crippen LogP contribution < -0.4 is 5.73 Å². The minimum atomic E-state index is 0.794. The minimum Gasteiger partial charge on any atom is -0.397 e. The van der Waals surface area contributed by atoms with Crippen molar-refractivity contribution in [1.82, 2.24) is 4.98 Å². The van der Waals surface area contributed by atoms with E-state index in [1.807, 2.05) is 24.3 Å². The van der Waals surface area contributed by atoms with E-state index in [1.165, 1.54) is 0 Å². The summed E-state index contributed by atoms with van der Waals surface area (Å²) in [6.45, 7) is 0.794. The van der Waals surface area contributed by atoms with Crippen LogP contribution in [-0.4, -0.2) is 24.5 Å². The first-order chi connectivity index (χ1) is 8.33. The Morgan fingerprint density at radius 1 is 1.35 bits per heavy atom. The molecular weight excluding hydrogens is 232 g/mol. The van der Waals surface area contributed by atoms with E-state index in [0.717, 1.165) is 40.3 Å². The van der Waals surface area contributed by atoms with Crippen molar-refractivity contribution in [2.75, 3.05) is 25.2 Å². The molecule has 0 aliphatic rings. The van der Waals surface area contributed by atoms with Gasteiger partial charge in [0.15, 0.2) is 0 Å². The van der Waals surface area contributed by atoms with Crippen molar-refractivity contribution in [1.29, 1.82) is 0 Å². The summed E-state index contributed by atoms with van der Waals surface area (Å²) in [5.41, 5.74) is 7.92. The molecule has 2 rings (SSSR count). The van der Waals surface area contributed by atoms with E-state index < -0.39 is 0 Å². The van der Waals surface area contributed by atoms with Crippen molar-refractivity contribution < 1.29 is 4.74 Å². The van der Waals surface area contributed by atoms with E-state index in [9.17, 15) is 0 Å². The molecule has 0 spiro atoms. The quantitative estimate of drug-likeness (QED) is 0.502. The van der Waals surface area contributed by atoms with Crippen molar-refractivity contribution in [3.05, 3.63) is 30.5 Å². The van der Waals surface area contributed by atoms with Crippen molar-refractivity contribution >= 4 is 28.4 Å². The number of nitrogens with zero attached hydrogens (tertiary/aromatic N) is 1. The standard InChI is InChI=1S/C13H16N2OS/c1-16-8-3-9-17-12-6-5-11-10(13(12)14)4-2-7-15-11/h2,4-7H,3,8-9,14H2,1H3. The topological polar surface area (TPSA) is 48.1 Å². The molecule has 1 heterocycles. The van der Waals surface area contributed by atoms with Gasteiger partial charge in [-0.2, -0.15) is 0 Å². The number of ether oxygens (including phenoxy) is 1. The largest absolute Gasteiger partial charge is 0.397 e. The zero-order valence-corrected chi connectivity index (χ0v) is 10.7. The molecule has 0 radical (unpaired) electrons. The van der Waals surface area contributed by atoms with Crippen LogP contribution >= 0.6 is 11.8 Å². The molecule has 0 bridgehead atoms. The van der Waals surface area contributed by atoms with Gasteiger partial charge < -0.3 is 10.5 Å². The molecule has 4 heteroatoms. The molecule has 0 aliphatic carbocycles. The number of benzene rings is 1. The number of nitrogens with two attached hydrogens (primary N) is 1. The predicted octanol–water partition coefficient (Wildman–Crippen LogP) is 2.95. The Labute approximate surface area is 105 Å². The smallest absolute Gasteiger partial charge is 0.0723 e. The molecule has 17 heavy (non-hydrogen) atoms. The maximum Gasteiger partial charge on any atom is 0.0723 e. The van der Waals surface area contributed by atoms with Gasteiger partial charge in [-0.05, 0) is 30.7 Å². The Balaban J connectivity index is 2.15. The lowest BCUT2D eigenvalue weighted by Gasteiger charge is -2.08. The highest BCUT2D eigenvalue weighted by Gasteiger charge is 2.04. The van der Waals surface area contributed by atoms with Crippen molar-refractivity contribution in [2.45, 2.75) is 11.3 Å². The Morgan fingerprint density at radius 2 is 2.24 bits per heavy atom. The number of pyridine rings is 1. The van der Waals surface area contributed by atoms with Gasteiger partial charge in [-0.1, -0.05) is 0 Å². The van der Waals surface area contributed by atoms with Gasteiger partial charge in [-0.15, -0.1) is 11.8 Å². The van der Waals surface area contributed by atoms with Gasteiger partial charge in [-0.25, -0.2) is 0 Å². The number of fused-ring (bicyclic) bond motifs is 1. The average Bonchev–Trinajstić information content (AvgIpc) is 2.37. The highest BCUT2D eigenvalue weighted by atomic mass is 32.2. The molecule has 0 saturated carbocycles. The van der Waals surface area contributed by atoms with Gasteiger partial charge in [0.1, 0.15) is 0 Å². The normalized spacial score (nSPS) is 10.9. The summed E-state index contributed by atoms with van der Waals surface area (Å²) in [5, 5.41) is 1.03. The Hall–Kier alpha value is -1.26. The predicted molar refractivity (Wildman–Crippen MR) is 73.4 cm³/mol. The van der Waals surface area contributed by atoms with E-state index in [2.05, 4.69) is 4.98 Å². The highest BCUT2D eigenvalue weighted by Crippen LogP contribution is 2.31. The first-order valence-corrected chi connectivity index (χ1v) is 6.56. The molecule has 0 aliphatic heterocycles. The molecule has 0 saturated heterocycles. The molecule has 3 nitrogen and oxygen atoms in total. The maximum absolute atomic E-state index is 6.14. The number of methoxy groups -OCH3 is 1. The molecule has 90 valence electrons. The van der Waals surface area contributed by atoms with Gasteiger partial charge in [0.05, 0.1) is 11.2 Å². The number of anilines is 1. The molecule has 0 amide bonds. The van der Waals surface area contributed by atoms with Gasteiger partial charge in [-0.3, -0.25) is 4.98 Å². The second-order valence-electron chi connectivity index (χ2n) is 3.74. The van der Waals surface area contributed by atoms with E-state index >= 15 is 0 Å². The summed E-state index contributed by atoms with van der Waals surface area (Å²) in [6.07, 6.45) is 2.82. The fraction of sp³-hybridized carbons (Fsp3) is 0.308. The molecule has 2 aromatic rings. The lowest BCUT2D eigenvalue weighted by atomic mass is 10.2. The van der Waals surface area contributed by atoms with Crippen molar-refractivity contribution in [3.8, 4) is 0 Å². The average molecular weight is 248 g/mol. The Kier molecular flexibility index (Phi) is 4.23. The van der Waals surface area contributed by atoms with Crippen LogP contribution in [0, 0.1) is 0 Å². The van der Waals surface area contributed by atoms with Crippen molar-refractivity contribution in [2.24, 2.45) is 0 Å². The summed E-state index contributed by atoms with van der Waals surface area (Å²) >= 11 is 1.77. The van der Waals surface area contributed by atoms with E-state index in [4.69, 9.17) is 10.5 Å². The lowest BCUT2D eigenvalue weighted by Crippen LogP contribution is -1.94. The summed E-state index contributed by atoms with van der Waals surface area (Å²) in [6, 6.07) is 7.99. The third-order valence-corrected chi connectivity index (χ3v) is 3.70. The Morgan fingerprint density at radius 3 is 3.06 bits per heavy atom. The molecule has 0 atom stereocenters. The van der Waals surface area contributed by atoms with Crippen LogP contribution in [0.4, 0.5) is 5.69 Å². The first kappa shape index (κ1) is 12.2. The van der Waals surface area contributed by atoms with Crippen LogP contribution in [0.1, 0.15) is 6.42 Å². The van der Waals surface area contributed by atoms with Crippen LogP contribution in [0.25, 0.3) is 10.9 Å². The second-order valence-corrected chi connectivity index (χ2v) is 4.88. The molecule has 1 aromatic carbocycles. The molecular formula is C13H16N2OS. The zero-order chi connectivity index (χ0) is 12.1.